The van der Waals surface area contributed by atoms with Crippen LogP contribution in [0.25, 0.3) is 0 Å². The van der Waals surface area contributed by atoms with Gasteiger partial charge in [-0.2, -0.15) is 5.26 Å². The van der Waals surface area contributed by atoms with Crippen LogP contribution in [0.4, 0.5) is 11.4 Å². The summed E-state index contributed by atoms with van der Waals surface area (Å²) in [5, 5.41) is 15.4. The molecule has 3 rings (SSSR count). The minimum Gasteiger partial charge on any atom is -0.359 e. The Hall–Kier alpha value is -2.76. The van der Waals surface area contributed by atoms with Crippen LogP contribution in [0.1, 0.15) is 5.56 Å². The highest BCUT2D eigenvalue weighted by atomic mass is 127. The van der Waals surface area contributed by atoms with Crippen molar-refractivity contribution in [3.05, 3.63) is 93.7 Å². The van der Waals surface area contributed by atoms with E-state index in [0.717, 1.165) is 24.6 Å². The third-order valence-corrected chi connectivity index (χ3v) is 5.79. The minimum atomic E-state index is -0.447. The Morgan fingerprint density at radius 2 is 1.76 bits per heavy atom. The predicted octanol–water partition coefficient (Wildman–Crippen LogP) is 6.21. The number of rotatable bonds is 6. The van der Waals surface area contributed by atoms with E-state index < -0.39 is 5.91 Å². The molecular weight excluding hydrogens is 493 g/mol. The molecule has 0 atom stereocenters. The number of benzene rings is 3. The molecule has 2 N–H and O–H groups in total. The molecular formula is C23H18IN3OS. The van der Waals surface area contributed by atoms with E-state index in [2.05, 4.69) is 33.2 Å². The third-order valence-electron chi connectivity index (χ3n) is 4.03. The maximum Gasteiger partial charge on any atom is 0.267 e. The molecule has 144 valence electrons. The number of para-hydroxylation sites is 1. The van der Waals surface area contributed by atoms with Crippen molar-refractivity contribution in [2.45, 2.75) is 16.7 Å². The highest BCUT2D eigenvalue weighted by molar-refractivity contribution is 14.1. The van der Waals surface area contributed by atoms with Gasteiger partial charge in [-0.1, -0.05) is 42.1 Å². The number of amides is 1. The van der Waals surface area contributed by atoms with Gasteiger partial charge >= 0.3 is 0 Å². The monoisotopic (exact) mass is 511 g/mol. The van der Waals surface area contributed by atoms with Crippen molar-refractivity contribution in [3.63, 3.8) is 0 Å². The first kappa shape index (κ1) is 21.0. The van der Waals surface area contributed by atoms with Gasteiger partial charge in [0.25, 0.3) is 5.91 Å². The second-order valence-corrected chi connectivity index (χ2v) is 8.50. The highest BCUT2D eigenvalue weighted by Gasteiger charge is 2.11. The van der Waals surface area contributed by atoms with Crippen molar-refractivity contribution in [2.24, 2.45) is 0 Å². The zero-order valence-electron chi connectivity index (χ0n) is 15.6. The van der Waals surface area contributed by atoms with Gasteiger partial charge in [0, 0.05) is 25.2 Å². The Labute approximate surface area is 188 Å². The van der Waals surface area contributed by atoms with Crippen LogP contribution in [0.15, 0.2) is 94.4 Å². The highest BCUT2D eigenvalue weighted by Crippen LogP contribution is 2.33. The lowest BCUT2D eigenvalue weighted by molar-refractivity contribution is -0.112. The summed E-state index contributed by atoms with van der Waals surface area (Å²) in [7, 11) is 0. The van der Waals surface area contributed by atoms with E-state index in [1.807, 2.05) is 85.8 Å². The van der Waals surface area contributed by atoms with E-state index in [4.69, 9.17) is 0 Å². The van der Waals surface area contributed by atoms with Crippen molar-refractivity contribution in [1.82, 2.24) is 0 Å². The molecule has 0 unspecified atom stereocenters. The summed E-state index contributed by atoms with van der Waals surface area (Å²) in [6.45, 7) is 1.92. The van der Waals surface area contributed by atoms with E-state index in [-0.39, 0.29) is 5.57 Å². The Morgan fingerprint density at radius 1 is 1.03 bits per heavy atom. The summed E-state index contributed by atoms with van der Waals surface area (Å²) >= 11 is 3.83. The second kappa shape index (κ2) is 10.1. The van der Waals surface area contributed by atoms with Crippen LogP contribution in [0.2, 0.25) is 0 Å². The fraction of sp³-hybridized carbons (Fsp3) is 0.0435. The number of halogens is 1. The number of carbonyl (C=O) groups excluding carboxylic acids is 1. The lowest BCUT2D eigenvalue weighted by Gasteiger charge is -2.10. The molecule has 3 aromatic carbocycles. The number of nitriles is 1. The molecule has 0 saturated heterocycles. The van der Waals surface area contributed by atoms with Crippen LogP contribution < -0.4 is 10.6 Å². The van der Waals surface area contributed by atoms with Gasteiger partial charge in [0.2, 0.25) is 0 Å². The van der Waals surface area contributed by atoms with Crippen molar-refractivity contribution < 1.29 is 4.79 Å². The number of hydrogen-bond donors (Lipinski definition) is 2. The number of hydrogen-bond acceptors (Lipinski definition) is 4. The molecule has 4 nitrogen and oxygen atoms in total. The summed E-state index contributed by atoms with van der Waals surface area (Å²) in [6.07, 6.45) is 1.45. The molecule has 29 heavy (non-hydrogen) atoms. The fourth-order valence-electron chi connectivity index (χ4n) is 2.55. The predicted molar refractivity (Wildman–Crippen MR) is 127 cm³/mol. The molecule has 0 aromatic heterocycles. The first-order valence-electron chi connectivity index (χ1n) is 8.83. The summed E-state index contributed by atoms with van der Waals surface area (Å²) in [4.78, 5) is 14.6. The Kier molecular flexibility index (Phi) is 7.33. The number of nitrogens with zero attached hydrogens (tertiary/aromatic N) is 1. The lowest BCUT2D eigenvalue weighted by atomic mass is 10.2. The Balaban J connectivity index is 1.75. The summed E-state index contributed by atoms with van der Waals surface area (Å²) in [6, 6.07) is 25.5. The molecule has 0 aliphatic rings. The van der Waals surface area contributed by atoms with Gasteiger partial charge in [0.15, 0.2) is 0 Å². The smallest absolute Gasteiger partial charge is 0.267 e. The average Bonchev–Trinajstić information content (AvgIpc) is 2.72. The Morgan fingerprint density at radius 3 is 2.48 bits per heavy atom. The number of carbonyl (C=O) groups is 1. The van der Waals surface area contributed by atoms with Gasteiger partial charge in [0.1, 0.15) is 11.6 Å². The first-order valence-corrected chi connectivity index (χ1v) is 10.7. The van der Waals surface area contributed by atoms with Crippen LogP contribution in [0.5, 0.6) is 0 Å². The van der Waals surface area contributed by atoms with Crippen LogP contribution in [-0.2, 0) is 4.79 Å². The van der Waals surface area contributed by atoms with Crippen LogP contribution >= 0.6 is 34.4 Å². The minimum absolute atomic E-state index is 0.00228. The zero-order chi connectivity index (χ0) is 20.6. The molecule has 3 aromatic rings. The molecule has 0 bridgehead atoms. The topological polar surface area (TPSA) is 64.9 Å². The second-order valence-electron chi connectivity index (χ2n) is 6.14. The fourth-order valence-corrected chi connectivity index (χ4v) is 4.12. The number of anilines is 2. The van der Waals surface area contributed by atoms with E-state index >= 15 is 0 Å². The molecule has 0 aliphatic heterocycles. The van der Waals surface area contributed by atoms with Gasteiger partial charge in [-0.3, -0.25) is 4.79 Å². The molecule has 0 radical (unpaired) electrons. The first-order chi connectivity index (χ1) is 14.1. The maximum atomic E-state index is 12.5. The summed E-state index contributed by atoms with van der Waals surface area (Å²) in [5.41, 5.74) is 2.46. The zero-order valence-corrected chi connectivity index (χ0v) is 18.6. The van der Waals surface area contributed by atoms with Crippen molar-refractivity contribution in [3.8, 4) is 6.07 Å². The summed E-state index contributed by atoms with van der Waals surface area (Å²) < 4.78 is 1.09. The average molecular weight is 511 g/mol. The van der Waals surface area contributed by atoms with E-state index in [1.165, 1.54) is 6.20 Å². The molecule has 0 spiro atoms. The van der Waals surface area contributed by atoms with E-state index in [1.54, 1.807) is 11.8 Å². The third kappa shape index (κ3) is 5.86. The molecule has 6 heteroatoms. The van der Waals surface area contributed by atoms with E-state index in [0.29, 0.717) is 5.69 Å². The SMILES string of the molecule is Cc1cc(I)ccc1NC(=O)/C(C#N)=C\Nc1ccccc1Sc1ccccc1. The van der Waals surface area contributed by atoms with Crippen molar-refractivity contribution in [2.75, 3.05) is 10.6 Å². The van der Waals surface area contributed by atoms with Crippen molar-refractivity contribution >= 4 is 51.6 Å². The normalized spacial score (nSPS) is 10.9. The largest absolute Gasteiger partial charge is 0.359 e. The van der Waals surface area contributed by atoms with Crippen LogP contribution in [-0.4, -0.2) is 5.91 Å². The molecule has 0 fully saturated rings. The molecule has 0 aliphatic carbocycles. The van der Waals surface area contributed by atoms with E-state index in [9.17, 15) is 10.1 Å². The lowest BCUT2D eigenvalue weighted by Crippen LogP contribution is -2.15. The molecule has 0 saturated carbocycles. The van der Waals surface area contributed by atoms with Gasteiger partial charge < -0.3 is 10.6 Å². The summed E-state index contributed by atoms with van der Waals surface area (Å²) in [5.74, 6) is -0.447. The van der Waals surface area contributed by atoms with Gasteiger partial charge in [0.05, 0.1) is 5.69 Å². The number of aryl methyl sites for hydroxylation is 1. The van der Waals surface area contributed by atoms with Crippen molar-refractivity contribution in [1.29, 1.82) is 5.26 Å². The molecule has 0 heterocycles. The van der Waals surface area contributed by atoms with Gasteiger partial charge in [-0.25, -0.2) is 0 Å². The standard InChI is InChI=1S/C23H18IN3OS/c1-16-13-18(24)11-12-20(16)27-23(28)17(14-25)15-26-21-9-5-6-10-22(21)29-19-7-3-2-4-8-19/h2-13,15,26H,1H3,(H,27,28)/b17-15-. The van der Waals surface area contributed by atoms with Gasteiger partial charge in [-0.05, 0) is 77.5 Å². The van der Waals surface area contributed by atoms with Crippen LogP contribution in [0.3, 0.4) is 0 Å². The Bertz CT molecular complexity index is 1090. The maximum absolute atomic E-state index is 12.5. The van der Waals surface area contributed by atoms with Gasteiger partial charge in [-0.15, -0.1) is 0 Å². The molecule has 1 amide bonds. The van der Waals surface area contributed by atoms with Crippen LogP contribution in [0, 0.1) is 21.8 Å². The quantitative estimate of drug-likeness (QED) is 0.235. The number of nitrogens with one attached hydrogen (secondary N) is 2.